The minimum absolute atomic E-state index is 0.709. The second-order valence-corrected chi connectivity index (χ2v) is 6.95. The molecule has 0 saturated carbocycles. The Balaban J connectivity index is 1.95. The van der Waals surface area contributed by atoms with Gasteiger partial charge in [-0.15, -0.1) is 0 Å². The maximum atomic E-state index is 4.94. The quantitative estimate of drug-likeness (QED) is 0.406. The SMILES string of the molecule is Cc1ccc2c(c1)N=[N+](c1ccccc1)C[N@+]2(C)c1ccccc1C. The Morgan fingerprint density at radius 2 is 1.56 bits per heavy atom. The molecule has 3 heteroatoms. The highest BCUT2D eigenvalue weighted by Crippen LogP contribution is 2.44. The van der Waals surface area contributed by atoms with Crippen molar-refractivity contribution in [1.29, 1.82) is 0 Å². The number of azo groups is 2. The second-order valence-electron chi connectivity index (χ2n) is 6.95. The molecule has 0 amide bonds. The van der Waals surface area contributed by atoms with E-state index in [1.807, 2.05) is 6.07 Å². The van der Waals surface area contributed by atoms with Crippen molar-refractivity contribution in [3.05, 3.63) is 83.9 Å². The Kier molecular flexibility index (Phi) is 3.74. The van der Waals surface area contributed by atoms with Gasteiger partial charge in [-0.05, 0) is 30.2 Å². The van der Waals surface area contributed by atoms with Gasteiger partial charge in [-0.2, -0.15) is 0 Å². The Labute approximate surface area is 149 Å². The minimum atomic E-state index is 0.709. The monoisotopic (exact) mass is 329 g/mol. The summed E-state index contributed by atoms with van der Waals surface area (Å²) < 4.78 is 2.83. The summed E-state index contributed by atoms with van der Waals surface area (Å²) in [6.45, 7) is 5.08. The fourth-order valence-corrected chi connectivity index (χ4v) is 3.70. The van der Waals surface area contributed by atoms with E-state index in [-0.39, 0.29) is 0 Å². The fourth-order valence-electron chi connectivity index (χ4n) is 3.70. The first-order valence-electron chi connectivity index (χ1n) is 8.65. The van der Waals surface area contributed by atoms with Crippen molar-refractivity contribution in [2.24, 2.45) is 5.11 Å². The number of rotatable bonds is 2. The molecule has 0 saturated heterocycles. The van der Waals surface area contributed by atoms with Gasteiger partial charge in [0.15, 0.2) is 11.4 Å². The van der Waals surface area contributed by atoms with Crippen LogP contribution in [0.3, 0.4) is 0 Å². The van der Waals surface area contributed by atoms with Gasteiger partial charge >= 0.3 is 6.67 Å². The predicted octanol–water partition coefficient (Wildman–Crippen LogP) is 5.97. The number of nitrogens with zero attached hydrogens (tertiary/aromatic N) is 3. The van der Waals surface area contributed by atoms with Crippen molar-refractivity contribution >= 4 is 22.7 Å². The molecule has 1 atom stereocenters. The first kappa shape index (κ1) is 15.7. The molecule has 3 aromatic carbocycles. The lowest BCUT2D eigenvalue weighted by Gasteiger charge is -2.33. The van der Waals surface area contributed by atoms with E-state index in [4.69, 9.17) is 5.11 Å². The van der Waals surface area contributed by atoms with Gasteiger partial charge < -0.3 is 0 Å². The summed E-state index contributed by atoms with van der Waals surface area (Å²) in [6, 6.07) is 25.6. The topological polar surface area (TPSA) is 15.4 Å². The standard InChI is InChI=1S/C22H23N3/c1-17-13-14-22-20(15-17)23-24(19-10-5-4-6-11-19)16-25(22,3)21-12-8-7-9-18(21)2/h4-15H,16H2,1-3H3/q+2/t25-/m1/s1. The third-order valence-corrected chi connectivity index (χ3v) is 5.01. The summed E-state index contributed by atoms with van der Waals surface area (Å²) in [6.07, 6.45) is 0. The van der Waals surface area contributed by atoms with E-state index in [9.17, 15) is 0 Å². The molecular weight excluding hydrogens is 306 g/mol. The van der Waals surface area contributed by atoms with Crippen LogP contribution in [0.15, 0.2) is 77.9 Å². The summed E-state index contributed by atoms with van der Waals surface area (Å²) in [5.74, 6) is 0. The van der Waals surface area contributed by atoms with E-state index < -0.39 is 0 Å². The highest BCUT2D eigenvalue weighted by atomic mass is 15.5. The molecule has 4 rings (SSSR count). The third kappa shape index (κ3) is 2.67. The van der Waals surface area contributed by atoms with E-state index in [0.717, 1.165) is 18.0 Å². The number of hydrogen-bond donors (Lipinski definition) is 0. The van der Waals surface area contributed by atoms with Gasteiger partial charge in [0.1, 0.15) is 5.69 Å². The molecule has 0 aliphatic carbocycles. The summed E-state index contributed by atoms with van der Waals surface area (Å²) >= 11 is 0. The molecule has 3 nitrogen and oxygen atoms in total. The van der Waals surface area contributed by atoms with Gasteiger partial charge in [0.2, 0.25) is 5.69 Å². The number of benzene rings is 3. The lowest BCUT2D eigenvalue weighted by molar-refractivity contribution is -0.527. The zero-order valence-electron chi connectivity index (χ0n) is 15.0. The van der Waals surface area contributed by atoms with Crippen molar-refractivity contribution in [2.45, 2.75) is 13.8 Å². The van der Waals surface area contributed by atoms with Crippen LogP contribution >= 0.6 is 0 Å². The highest BCUT2D eigenvalue weighted by molar-refractivity contribution is 5.72. The Morgan fingerprint density at radius 3 is 2.32 bits per heavy atom. The van der Waals surface area contributed by atoms with E-state index in [0.29, 0.717) is 4.48 Å². The number of para-hydroxylation sites is 2. The number of hydrogen-bond acceptors (Lipinski definition) is 1. The molecule has 1 aliphatic rings. The zero-order valence-corrected chi connectivity index (χ0v) is 15.0. The van der Waals surface area contributed by atoms with Gasteiger partial charge in [0.25, 0.3) is 0 Å². The van der Waals surface area contributed by atoms with Crippen LogP contribution in [0.2, 0.25) is 0 Å². The molecule has 0 spiro atoms. The average Bonchev–Trinajstić information content (AvgIpc) is 2.62. The van der Waals surface area contributed by atoms with Gasteiger partial charge in [0, 0.05) is 34.9 Å². The molecule has 3 aromatic rings. The van der Waals surface area contributed by atoms with Crippen molar-refractivity contribution in [3.8, 4) is 0 Å². The molecule has 0 unspecified atom stereocenters. The Bertz CT molecular complexity index is 960. The molecule has 124 valence electrons. The number of aryl methyl sites for hydroxylation is 2. The van der Waals surface area contributed by atoms with E-state index in [2.05, 4.69) is 92.3 Å². The highest BCUT2D eigenvalue weighted by Gasteiger charge is 2.42. The van der Waals surface area contributed by atoms with Crippen LogP contribution in [-0.4, -0.2) is 18.4 Å². The van der Waals surface area contributed by atoms with Crippen LogP contribution < -0.4 is 4.48 Å². The number of quaternary nitrogens is 1. The van der Waals surface area contributed by atoms with Crippen molar-refractivity contribution < 1.29 is 4.70 Å². The molecule has 0 N–H and O–H groups in total. The lowest BCUT2D eigenvalue weighted by Crippen LogP contribution is -2.46. The van der Waals surface area contributed by atoms with E-state index >= 15 is 0 Å². The van der Waals surface area contributed by atoms with Crippen LogP contribution in [0.5, 0.6) is 0 Å². The minimum Gasteiger partial charge on any atom is -0.202 e. The molecule has 0 bridgehead atoms. The summed E-state index contributed by atoms with van der Waals surface area (Å²) in [4.78, 5) is 0. The smallest absolute Gasteiger partial charge is 0.202 e. The van der Waals surface area contributed by atoms with Crippen LogP contribution in [-0.2, 0) is 0 Å². The summed E-state index contributed by atoms with van der Waals surface area (Å²) in [7, 11) is 2.28. The second kappa shape index (κ2) is 5.94. The molecule has 1 heterocycles. The summed E-state index contributed by atoms with van der Waals surface area (Å²) in [5, 5.41) is 4.94. The van der Waals surface area contributed by atoms with Crippen LogP contribution in [0.4, 0.5) is 22.7 Å². The van der Waals surface area contributed by atoms with Crippen molar-refractivity contribution in [1.82, 2.24) is 4.48 Å². The normalized spacial score (nSPS) is 19.2. The third-order valence-electron chi connectivity index (χ3n) is 5.01. The van der Waals surface area contributed by atoms with Gasteiger partial charge in [-0.1, -0.05) is 42.5 Å². The molecule has 0 aromatic heterocycles. The fraction of sp³-hybridized carbons (Fsp3) is 0.182. The summed E-state index contributed by atoms with van der Waals surface area (Å²) in [5.41, 5.74) is 7.24. The Morgan fingerprint density at radius 1 is 0.840 bits per heavy atom. The van der Waals surface area contributed by atoms with Crippen molar-refractivity contribution in [3.63, 3.8) is 0 Å². The predicted molar refractivity (Wildman–Crippen MR) is 103 cm³/mol. The molecule has 1 aliphatic heterocycles. The Hall–Kier alpha value is -2.78. The van der Waals surface area contributed by atoms with Gasteiger partial charge in [-0.3, -0.25) is 0 Å². The van der Waals surface area contributed by atoms with Crippen LogP contribution in [0.25, 0.3) is 0 Å². The van der Waals surface area contributed by atoms with Crippen LogP contribution in [0.1, 0.15) is 11.1 Å². The molecule has 25 heavy (non-hydrogen) atoms. The van der Waals surface area contributed by atoms with Crippen LogP contribution in [0, 0.1) is 13.8 Å². The molecule has 0 fully saturated rings. The maximum absolute atomic E-state index is 4.94. The van der Waals surface area contributed by atoms with E-state index in [1.165, 1.54) is 22.5 Å². The first-order valence-corrected chi connectivity index (χ1v) is 8.65. The van der Waals surface area contributed by atoms with Crippen molar-refractivity contribution in [2.75, 3.05) is 13.7 Å². The number of fused-ring (bicyclic) bond motifs is 1. The average molecular weight is 329 g/mol. The van der Waals surface area contributed by atoms with E-state index in [1.54, 1.807) is 0 Å². The first-order chi connectivity index (χ1) is 12.1. The lowest BCUT2D eigenvalue weighted by atomic mass is 10.1. The molecular formula is C22H23N3+2. The van der Waals surface area contributed by atoms with Gasteiger partial charge in [0.05, 0.1) is 7.05 Å². The zero-order chi connectivity index (χ0) is 17.4. The maximum Gasteiger partial charge on any atom is 0.311 e. The molecule has 0 radical (unpaired) electrons. The largest absolute Gasteiger partial charge is 0.311 e. The van der Waals surface area contributed by atoms with Gasteiger partial charge in [-0.25, -0.2) is 4.48 Å².